The number of benzene rings is 3. The number of rotatable bonds is 9. The molecule has 0 fully saturated rings. The topological polar surface area (TPSA) is 130 Å². The van der Waals surface area contributed by atoms with E-state index in [9.17, 15) is 23.4 Å². The number of carboxylic acids is 1. The summed E-state index contributed by atoms with van der Waals surface area (Å²) in [4.78, 5) is 10.9. The smallest absolute Gasteiger partial charge is 0.545 e. The summed E-state index contributed by atoms with van der Waals surface area (Å²) in [6.45, 7) is 0.898. The van der Waals surface area contributed by atoms with Crippen LogP contribution in [0.4, 0.5) is 0 Å². The quantitative estimate of drug-likeness (QED) is 0.290. The normalized spacial score (nSPS) is 11.8. The molecule has 0 heterocycles. The molecule has 0 saturated heterocycles. The first kappa shape index (κ1) is 26.7. The van der Waals surface area contributed by atoms with E-state index >= 15 is 0 Å². The Morgan fingerprint density at radius 1 is 1.03 bits per heavy atom. The number of aliphatic hydroxyl groups excluding tert-OH is 1. The number of nitrogens with one attached hydrogen (secondary N) is 1. The molecule has 164 valence electrons. The van der Waals surface area contributed by atoms with Crippen molar-refractivity contribution in [1.82, 2.24) is 5.32 Å². The maximum atomic E-state index is 12.7. The summed E-state index contributed by atoms with van der Waals surface area (Å²) < 4.78 is 25.4. The van der Waals surface area contributed by atoms with Crippen LogP contribution >= 0.6 is 0 Å². The molecule has 3 aromatic carbocycles. The third-order valence-electron chi connectivity index (χ3n) is 4.96. The third-order valence-corrected chi connectivity index (χ3v) is 6.75. The zero-order valence-electron chi connectivity index (χ0n) is 18.1. The maximum Gasteiger partial charge on any atom is 1.00 e. The van der Waals surface area contributed by atoms with E-state index < -0.39 is 21.9 Å². The number of sulfone groups is 1. The van der Waals surface area contributed by atoms with E-state index in [2.05, 4.69) is 5.32 Å². The molecule has 9 heteroatoms. The summed E-state index contributed by atoms with van der Waals surface area (Å²) in [5, 5.41) is 33.2. The van der Waals surface area contributed by atoms with Gasteiger partial charge in [-0.15, -0.1) is 0 Å². The van der Waals surface area contributed by atoms with Crippen LogP contribution in [0.2, 0.25) is 0 Å². The van der Waals surface area contributed by atoms with E-state index in [0.29, 0.717) is 30.6 Å². The molecule has 7 nitrogen and oxygen atoms in total. The summed E-state index contributed by atoms with van der Waals surface area (Å²) in [5.74, 6) is -1.37. The standard InChI is InChI=1S/C24H22N2O5S.Na/c25-15-18-2-1-3-20(14-18)23(27)16-26-13-12-17-4-8-21(9-5-17)32(30,31)22-10-6-19(7-11-22)24(28)29;/h1-11,14,23,26-27H,12-13,16H2,(H,28,29);/q;+1/p-1/t23-;/m0./s1. The van der Waals surface area contributed by atoms with E-state index in [4.69, 9.17) is 5.26 Å². The van der Waals surface area contributed by atoms with Crippen molar-refractivity contribution in [3.63, 3.8) is 0 Å². The summed E-state index contributed by atoms with van der Waals surface area (Å²) in [7, 11) is -3.76. The van der Waals surface area contributed by atoms with E-state index in [1.54, 1.807) is 36.4 Å². The molecule has 33 heavy (non-hydrogen) atoms. The number of carbonyl (C=O) groups excluding carboxylic acids is 1. The predicted molar refractivity (Wildman–Crippen MR) is 115 cm³/mol. The Morgan fingerprint density at radius 3 is 2.21 bits per heavy atom. The molecule has 0 spiro atoms. The van der Waals surface area contributed by atoms with Crippen molar-refractivity contribution in [2.45, 2.75) is 22.3 Å². The Balaban J connectivity index is 0.00000385. The van der Waals surface area contributed by atoms with Gasteiger partial charge < -0.3 is 20.3 Å². The average molecular weight is 472 g/mol. The number of aromatic carboxylic acids is 1. The van der Waals surface area contributed by atoms with Crippen molar-refractivity contribution in [2.75, 3.05) is 13.1 Å². The van der Waals surface area contributed by atoms with Gasteiger partial charge in [-0.05, 0) is 66.1 Å². The van der Waals surface area contributed by atoms with Crippen LogP contribution in [-0.4, -0.2) is 32.6 Å². The van der Waals surface area contributed by atoms with Crippen LogP contribution in [-0.2, 0) is 16.3 Å². The molecule has 0 amide bonds. The molecule has 3 rings (SSSR count). The van der Waals surface area contributed by atoms with Gasteiger partial charge in [0.05, 0.1) is 33.5 Å². The molecule has 1 atom stereocenters. The molecule has 0 aliphatic rings. The fourth-order valence-electron chi connectivity index (χ4n) is 3.15. The minimum Gasteiger partial charge on any atom is -0.545 e. The number of carboxylic acid groups (broad SMARTS) is 1. The molecular formula is C24H21N2NaO5S. The largest absolute Gasteiger partial charge is 1.00 e. The molecule has 0 saturated carbocycles. The summed E-state index contributed by atoms with van der Waals surface area (Å²) >= 11 is 0. The van der Waals surface area contributed by atoms with Gasteiger partial charge in [-0.2, -0.15) is 5.26 Å². The predicted octanol–water partition coefficient (Wildman–Crippen LogP) is -1.38. The summed E-state index contributed by atoms with van der Waals surface area (Å²) in [6, 6.07) is 20.2. The molecule has 0 radical (unpaired) electrons. The average Bonchev–Trinajstić information content (AvgIpc) is 2.82. The van der Waals surface area contributed by atoms with E-state index in [-0.39, 0.29) is 44.9 Å². The van der Waals surface area contributed by atoms with Crippen molar-refractivity contribution in [2.24, 2.45) is 0 Å². The van der Waals surface area contributed by atoms with Gasteiger partial charge in [0.1, 0.15) is 0 Å². The van der Waals surface area contributed by atoms with Gasteiger partial charge in [0.2, 0.25) is 9.84 Å². The fraction of sp³-hybridized carbons (Fsp3) is 0.167. The van der Waals surface area contributed by atoms with Crippen LogP contribution in [0.3, 0.4) is 0 Å². The van der Waals surface area contributed by atoms with Gasteiger partial charge in [0, 0.05) is 6.54 Å². The van der Waals surface area contributed by atoms with Crippen LogP contribution in [0, 0.1) is 11.3 Å². The van der Waals surface area contributed by atoms with Gasteiger partial charge in [-0.1, -0.05) is 36.4 Å². The Labute approximate surface area is 214 Å². The van der Waals surface area contributed by atoms with Crippen LogP contribution in [0.1, 0.15) is 33.2 Å². The third kappa shape index (κ3) is 6.98. The number of hydrogen-bond acceptors (Lipinski definition) is 7. The minimum atomic E-state index is -3.76. The van der Waals surface area contributed by atoms with E-state index in [1.807, 2.05) is 6.07 Å². The second kappa shape index (κ2) is 12.1. The molecule has 0 aromatic heterocycles. The first-order valence-corrected chi connectivity index (χ1v) is 11.3. The summed E-state index contributed by atoms with van der Waals surface area (Å²) in [5.41, 5.74) is 1.99. The monoisotopic (exact) mass is 472 g/mol. The molecular weight excluding hydrogens is 451 g/mol. The molecule has 0 aliphatic heterocycles. The number of nitrogens with zero attached hydrogens (tertiary/aromatic N) is 1. The van der Waals surface area contributed by atoms with Crippen LogP contribution in [0.15, 0.2) is 82.6 Å². The Bertz CT molecular complexity index is 1240. The number of nitriles is 1. The molecule has 0 bridgehead atoms. The van der Waals surface area contributed by atoms with Gasteiger partial charge in [0.25, 0.3) is 0 Å². The number of carbonyl (C=O) groups is 1. The number of hydrogen-bond donors (Lipinski definition) is 2. The summed E-state index contributed by atoms with van der Waals surface area (Å²) in [6.07, 6.45) is -0.106. The van der Waals surface area contributed by atoms with Gasteiger partial charge in [-0.3, -0.25) is 0 Å². The fourth-order valence-corrected chi connectivity index (χ4v) is 4.41. The Morgan fingerprint density at radius 2 is 1.64 bits per heavy atom. The number of aliphatic hydroxyl groups is 1. The molecule has 0 unspecified atom stereocenters. The second-order valence-corrected chi connectivity index (χ2v) is 9.12. The maximum absolute atomic E-state index is 12.7. The Hall–Kier alpha value is -2.51. The van der Waals surface area contributed by atoms with Crippen molar-refractivity contribution in [3.8, 4) is 6.07 Å². The van der Waals surface area contributed by atoms with Crippen LogP contribution in [0.25, 0.3) is 0 Å². The van der Waals surface area contributed by atoms with E-state index in [1.165, 1.54) is 36.4 Å². The first-order chi connectivity index (χ1) is 15.3. The zero-order chi connectivity index (χ0) is 23.1. The van der Waals surface area contributed by atoms with E-state index in [0.717, 1.165) is 5.56 Å². The van der Waals surface area contributed by atoms with Crippen molar-refractivity contribution >= 4 is 15.8 Å². The van der Waals surface area contributed by atoms with Crippen molar-refractivity contribution < 1.29 is 53.0 Å². The Kier molecular flexibility index (Phi) is 9.80. The zero-order valence-corrected chi connectivity index (χ0v) is 20.9. The van der Waals surface area contributed by atoms with Gasteiger partial charge >= 0.3 is 29.6 Å². The molecule has 2 N–H and O–H groups in total. The van der Waals surface area contributed by atoms with Crippen molar-refractivity contribution in [1.29, 1.82) is 5.26 Å². The van der Waals surface area contributed by atoms with Gasteiger partial charge in [-0.25, -0.2) is 8.42 Å². The second-order valence-electron chi connectivity index (χ2n) is 7.17. The van der Waals surface area contributed by atoms with Crippen molar-refractivity contribution in [3.05, 3.63) is 95.1 Å². The van der Waals surface area contributed by atoms with Crippen LogP contribution in [0.5, 0.6) is 0 Å². The first-order valence-electron chi connectivity index (χ1n) is 9.85. The molecule has 3 aromatic rings. The molecule has 0 aliphatic carbocycles. The van der Waals surface area contributed by atoms with Crippen LogP contribution < -0.4 is 40.0 Å². The van der Waals surface area contributed by atoms with Gasteiger partial charge in [0.15, 0.2) is 0 Å². The SMILES string of the molecule is N#Cc1cccc([C@@H](O)CNCCc2ccc(S(=O)(=O)c3ccc(C(=O)[O-])cc3)cc2)c1.[Na+]. The minimum absolute atomic E-state index is 0.